The first-order chi connectivity index (χ1) is 20.3. The largest absolute Gasteiger partial charge is 0.370 e. The van der Waals surface area contributed by atoms with Crippen molar-refractivity contribution >= 4 is 45.0 Å². The Morgan fingerprint density at radius 1 is 1.07 bits per heavy atom. The van der Waals surface area contributed by atoms with Crippen LogP contribution in [0.3, 0.4) is 0 Å². The molecule has 0 saturated carbocycles. The van der Waals surface area contributed by atoms with Crippen LogP contribution in [0, 0.1) is 0 Å². The summed E-state index contributed by atoms with van der Waals surface area (Å²) in [5.41, 5.74) is 3.07. The minimum atomic E-state index is -0.350. The van der Waals surface area contributed by atoms with Gasteiger partial charge in [-0.3, -0.25) is 14.2 Å². The Morgan fingerprint density at radius 2 is 1.76 bits per heavy atom. The average molecular weight is 602 g/mol. The molecule has 5 aromatic rings. The molecule has 3 aromatic heterocycles. The molecule has 0 bridgehead atoms. The first-order valence-electron chi connectivity index (χ1n) is 14.4. The quantitative estimate of drug-likeness (QED) is 0.215. The van der Waals surface area contributed by atoms with Crippen molar-refractivity contribution in [1.82, 2.24) is 24.5 Å². The fourth-order valence-electron chi connectivity index (χ4n) is 5.48. The molecular formula is C32H35N5O3S2. The second-order valence-electron chi connectivity index (χ2n) is 11.5. The van der Waals surface area contributed by atoms with Crippen molar-refractivity contribution in [2.45, 2.75) is 76.4 Å². The molecule has 0 fully saturated rings. The van der Waals surface area contributed by atoms with Gasteiger partial charge in [-0.1, -0.05) is 72.4 Å². The highest BCUT2D eigenvalue weighted by atomic mass is 32.2. The Balaban J connectivity index is 1.28. The molecule has 1 unspecified atom stereocenters. The lowest BCUT2D eigenvalue weighted by atomic mass is 9.94. The van der Waals surface area contributed by atoms with Gasteiger partial charge in [0.05, 0.1) is 23.3 Å². The van der Waals surface area contributed by atoms with E-state index < -0.39 is 0 Å². The Kier molecular flexibility index (Phi) is 8.20. The van der Waals surface area contributed by atoms with E-state index in [1.54, 1.807) is 15.9 Å². The van der Waals surface area contributed by atoms with Crippen molar-refractivity contribution in [2.24, 2.45) is 0 Å². The molecule has 1 aliphatic heterocycles. The Morgan fingerprint density at radius 3 is 2.48 bits per heavy atom. The maximum absolute atomic E-state index is 14.0. The molecule has 1 N–H and O–H groups in total. The number of carbonyl (C=O) groups is 1. The summed E-state index contributed by atoms with van der Waals surface area (Å²) in [4.78, 5) is 28.8. The monoisotopic (exact) mass is 601 g/mol. The van der Waals surface area contributed by atoms with Gasteiger partial charge in [-0.2, -0.15) is 0 Å². The van der Waals surface area contributed by atoms with Crippen molar-refractivity contribution < 1.29 is 9.53 Å². The van der Waals surface area contributed by atoms with Crippen molar-refractivity contribution in [3.8, 4) is 0 Å². The van der Waals surface area contributed by atoms with Crippen molar-refractivity contribution in [2.75, 3.05) is 5.75 Å². The van der Waals surface area contributed by atoms with E-state index in [9.17, 15) is 9.59 Å². The first-order valence-corrected chi connectivity index (χ1v) is 16.2. The number of hydrogen-bond acceptors (Lipinski definition) is 7. The fraction of sp³-hybridized carbons (Fsp3) is 0.375. The van der Waals surface area contributed by atoms with E-state index in [0.29, 0.717) is 42.3 Å². The number of carbonyl (C=O) groups excluding carboxylic acids is 1. The zero-order valence-electron chi connectivity index (χ0n) is 24.1. The second-order valence-corrected chi connectivity index (χ2v) is 13.5. The summed E-state index contributed by atoms with van der Waals surface area (Å²) in [5, 5.41) is 13.4. The number of thiophene rings is 1. The number of nitrogens with one attached hydrogen (secondary N) is 1. The molecule has 1 atom stereocenters. The highest BCUT2D eigenvalue weighted by Crippen LogP contribution is 2.38. The number of benzene rings is 2. The van der Waals surface area contributed by atoms with Crippen LogP contribution in [0.1, 0.15) is 48.8 Å². The van der Waals surface area contributed by atoms with E-state index >= 15 is 0 Å². The van der Waals surface area contributed by atoms with Crippen LogP contribution in [0.25, 0.3) is 16.0 Å². The lowest BCUT2D eigenvalue weighted by molar-refractivity contribution is -0.119. The summed E-state index contributed by atoms with van der Waals surface area (Å²) in [6.45, 7) is 7.11. The van der Waals surface area contributed by atoms with Gasteiger partial charge >= 0.3 is 0 Å². The summed E-state index contributed by atoms with van der Waals surface area (Å²) >= 11 is 2.91. The van der Waals surface area contributed by atoms with Crippen molar-refractivity contribution in [3.05, 3.63) is 92.6 Å². The van der Waals surface area contributed by atoms with Gasteiger partial charge in [0.1, 0.15) is 4.83 Å². The lowest BCUT2D eigenvalue weighted by Gasteiger charge is -2.29. The minimum absolute atomic E-state index is 0.0439. The third-order valence-corrected chi connectivity index (χ3v) is 9.82. The predicted octanol–water partition coefficient (Wildman–Crippen LogP) is 5.43. The molecule has 0 saturated heterocycles. The zero-order valence-corrected chi connectivity index (χ0v) is 25.8. The topological polar surface area (TPSA) is 90.5 Å². The maximum Gasteiger partial charge on any atom is 0.263 e. The summed E-state index contributed by atoms with van der Waals surface area (Å²) in [5.74, 6) is 0.662. The number of hydrogen-bond donors (Lipinski definition) is 1. The van der Waals surface area contributed by atoms with Gasteiger partial charge in [-0.25, -0.2) is 4.40 Å². The van der Waals surface area contributed by atoms with Crippen molar-refractivity contribution in [1.29, 1.82) is 0 Å². The second kappa shape index (κ2) is 12.0. The van der Waals surface area contributed by atoms with Gasteiger partial charge in [0.25, 0.3) is 5.56 Å². The van der Waals surface area contributed by atoms with E-state index in [-0.39, 0.29) is 28.9 Å². The summed E-state index contributed by atoms with van der Waals surface area (Å²) in [7, 11) is 0. The van der Waals surface area contributed by atoms with Crippen LogP contribution in [0.15, 0.2) is 70.6 Å². The molecule has 0 spiro atoms. The molecule has 218 valence electrons. The average Bonchev–Trinajstić information content (AvgIpc) is 3.57. The van der Waals surface area contributed by atoms with Gasteiger partial charge in [0.15, 0.2) is 5.16 Å². The smallest absolute Gasteiger partial charge is 0.263 e. The van der Waals surface area contributed by atoms with Gasteiger partial charge in [0, 0.05) is 23.9 Å². The van der Waals surface area contributed by atoms with E-state index in [0.717, 1.165) is 33.7 Å². The van der Waals surface area contributed by atoms with Crippen LogP contribution in [0.5, 0.6) is 0 Å². The number of thioether (sulfide) groups is 1. The third kappa shape index (κ3) is 6.02. The Bertz CT molecular complexity index is 1780. The molecule has 1 aliphatic rings. The van der Waals surface area contributed by atoms with Crippen LogP contribution < -0.4 is 10.9 Å². The Labute approximate surface area is 253 Å². The first kappa shape index (κ1) is 28.6. The number of ether oxygens (including phenoxy) is 1. The number of fused-ring (bicyclic) bond motifs is 5. The van der Waals surface area contributed by atoms with E-state index in [1.165, 1.54) is 17.3 Å². The number of aromatic nitrogens is 4. The summed E-state index contributed by atoms with van der Waals surface area (Å²) in [6.07, 6.45) is 3.13. The number of amides is 1. The van der Waals surface area contributed by atoms with E-state index in [1.807, 2.05) is 47.7 Å². The van der Waals surface area contributed by atoms with Crippen LogP contribution in [0.4, 0.5) is 0 Å². The van der Waals surface area contributed by atoms with Gasteiger partial charge in [-0.05, 0) is 56.7 Å². The molecule has 0 aliphatic carbocycles. The predicted molar refractivity (Wildman–Crippen MR) is 168 cm³/mol. The summed E-state index contributed by atoms with van der Waals surface area (Å²) < 4.78 is 9.80. The highest BCUT2D eigenvalue weighted by molar-refractivity contribution is 7.99. The molecule has 42 heavy (non-hydrogen) atoms. The van der Waals surface area contributed by atoms with Crippen LogP contribution in [0.2, 0.25) is 0 Å². The zero-order chi connectivity index (χ0) is 29.3. The van der Waals surface area contributed by atoms with Crippen molar-refractivity contribution in [3.63, 3.8) is 0 Å². The number of rotatable bonds is 10. The van der Waals surface area contributed by atoms with E-state index in [2.05, 4.69) is 53.6 Å². The molecular weight excluding hydrogens is 567 g/mol. The van der Waals surface area contributed by atoms with Crippen LogP contribution in [-0.4, -0.2) is 42.5 Å². The minimum Gasteiger partial charge on any atom is -0.370 e. The van der Waals surface area contributed by atoms with Crippen LogP contribution >= 0.6 is 23.1 Å². The fourth-order valence-corrected chi connectivity index (χ4v) is 7.51. The molecule has 8 nitrogen and oxygen atoms in total. The molecule has 10 heteroatoms. The maximum atomic E-state index is 14.0. The molecule has 6 rings (SSSR count). The number of nitrogens with zero attached hydrogens (tertiary/aromatic N) is 4. The standard InChI is InChI=1S/C32H35N5O3S2/c1-21(14-15-22-10-6-4-7-11-22)33-26(38)20-41-31-35-34-30-36(17-16-23-12-8-5-9-13-23)28(39)27-24-18-32(2,3)40-19-25(24)42-29(27)37(30)31/h4-13,21H,14-20H2,1-3H3,(H,33,38). The Hall–Kier alpha value is -3.47. The van der Waals surface area contributed by atoms with Gasteiger partial charge in [0.2, 0.25) is 11.7 Å². The van der Waals surface area contributed by atoms with Crippen LogP contribution in [-0.2, 0) is 41.9 Å². The normalized spacial score (nSPS) is 15.1. The molecule has 2 aromatic carbocycles. The SMILES string of the molecule is CC(CCc1ccccc1)NC(=O)CSc1nnc2n(CCc3ccccc3)c(=O)c3c4c(sc3n12)COC(C)(C)C4. The number of aryl methyl sites for hydroxylation is 3. The third-order valence-electron chi connectivity index (χ3n) is 7.70. The van der Waals surface area contributed by atoms with E-state index in [4.69, 9.17) is 4.74 Å². The molecule has 0 radical (unpaired) electrons. The van der Waals surface area contributed by atoms with Gasteiger partial charge < -0.3 is 10.1 Å². The molecule has 1 amide bonds. The van der Waals surface area contributed by atoms with Gasteiger partial charge in [-0.15, -0.1) is 21.5 Å². The lowest BCUT2D eigenvalue weighted by Crippen LogP contribution is -2.34. The highest BCUT2D eigenvalue weighted by Gasteiger charge is 2.32. The summed E-state index contributed by atoms with van der Waals surface area (Å²) in [6, 6.07) is 20.5. The molecule has 4 heterocycles.